The number of allylic oxidation sites excluding steroid dienone is 1. The van der Waals surface area contributed by atoms with Crippen LogP contribution in [0.3, 0.4) is 0 Å². The molecule has 0 bridgehead atoms. The second-order valence-electron chi connectivity index (χ2n) is 8.12. The van der Waals surface area contributed by atoms with E-state index in [4.69, 9.17) is 9.47 Å². The summed E-state index contributed by atoms with van der Waals surface area (Å²) < 4.78 is 11.6. The maximum atomic E-state index is 12.7. The fourth-order valence-electron chi connectivity index (χ4n) is 4.44. The highest BCUT2D eigenvalue weighted by atomic mass is 16.6. The lowest BCUT2D eigenvalue weighted by molar-refractivity contribution is -0.167. The number of aliphatic hydroxyl groups is 1. The van der Waals surface area contributed by atoms with Gasteiger partial charge in [0.25, 0.3) is 0 Å². The van der Waals surface area contributed by atoms with Crippen molar-refractivity contribution >= 4 is 11.9 Å². The largest absolute Gasteiger partial charge is 0.460 e. The molecule has 0 aromatic heterocycles. The van der Waals surface area contributed by atoms with E-state index >= 15 is 0 Å². The van der Waals surface area contributed by atoms with Crippen LogP contribution >= 0.6 is 0 Å². The van der Waals surface area contributed by atoms with Gasteiger partial charge in [0.1, 0.15) is 12.2 Å². The Morgan fingerprint density at radius 2 is 1.76 bits per heavy atom. The highest BCUT2D eigenvalue weighted by molar-refractivity contribution is 5.88. The maximum absolute atomic E-state index is 12.7. The van der Waals surface area contributed by atoms with Crippen LogP contribution in [0.4, 0.5) is 0 Å². The first kappa shape index (κ1) is 18.4. The molecule has 3 aliphatic rings. The minimum Gasteiger partial charge on any atom is -0.460 e. The van der Waals surface area contributed by atoms with Crippen molar-refractivity contribution in [2.75, 3.05) is 13.1 Å². The van der Waals surface area contributed by atoms with Gasteiger partial charge < -0.3 is 14.6 Å². The molecule has 1 N–H and O–H groups in total. The maximum Gasteiger partial charge on any atom is 0.334 e. The molecular formula is C19H29NO5. The molecule has 0 saturated carbocycles. The first-order chi connectivity index (χ1) is 11.7. The van der Waals surface area contributed by atoms with Gasteiger partial charge in [0.05, 0.1) is 17.6 Å². The van der Waals surface area contributed by atoms with E-state index in [1.807, 2.05) is 13.8 Å². The van der Waals surface area contributed by atoms with Crippen LogP contribution in [-0.2, 0) is 19.1 Å². The minimum absolute atomic E-state index is 0.0720. The molecule has 140 valence electrons. The molecule has 3 saturated heterocycles. The van der Waals surface area contributed by atoms with E-state index in [9.17, 15) is 14.7 Å². The third-order valence-electron chi connectivity index (χ3n) is 6.53. The number of esters is 2. The van der Waals surface area contributed by atoms with Gasteiger partial charge in [0, 0.05) is 18.7 Å². The van der Waals surface area contributed by atoms with Gasteiger partial charge in [-0.1, -0.05) is 13.0 Å². The quantitative estimate of drug-likeness (QED) is 0.530. The van der Waals surface area contributed by atoms with Gasteiger partial charge in [-0.15, -0.1) is 0 Å². The molecule has 5 atom stereocenters. The van der Waals surface area contributed by atoms with Crippen LogP contribution in [0, 0.1) is 5.92 Å². The monoisotopic (exact) mass is 351 g/mol. The van der Waals surface area contributed by atoms with Gasteiger partial charge in [-0.2, -0.15) is 0 Å². The van der Waals surface area contributed by atoms with Crippen LogP contribution in [-0.4, -0.2) is 58.4 Å². The third-order valence-corrected chi connectivity index (χ3v) is 6.53. The Bertz CT molecular complexity index is 599. The topological polar surface area (TPSA) is 76.1 Å². The molecule has 6 nitrogen and oxygen atoms in total. The highest BCUT2D eigenvalue weighted by Gasteiger charge is 2.58. The fourth-order valence-corrected chi connectivity index (χ4v) is 4.44. The zero-order valence-electron chi connectivity index (χ0n) is 15.6. The molecule has 0 amide bonds. The second kappa shape index (κ2) is 6.40. The second-order valence-corrected chi connectivity index (χ2v) is 8.12. The van der Waals surface area contributed by atoms with E-state index in [-0.39, 0.29) is 36.5 Å². The Morgan fingerprint density at radius 1 is 1.16 bits per heavy atom. The normalized spacial score (nSPS) is 44.7. The Kier molecular flexibility index (Phi) is 4.71. The third kappa shape index (κ3) is 3.10. The van der Waals surface area contributed by atoms with E-state index < -0.39 is 11.1 Å². The zero-order chi connectivity index (χ0) is 18.4. The van der Waals surface area contributed by atoms with Crippen LogP contribution < -0.4 is 0 Å². The molecule has 0 spiro atoms. The standard InChI is InChI=1S/C19H29NO5/c1-5-13-10-12(2)18(3,23)11-16(21)24-14-6-8-20-9-7-15(19(14,20)4)25-17(13)22/h5,12,14-15,23H,6-11H2,1-4H3/b13-5-/t12-,14+,15-,18+,19-/m1/s1. The summed E-state index contributed by atoms with van der Waals surface area (Å²) in [5, 5.41) is 10.7. The summed E-state index contributed by atoms with van der Waals surface area (Å²) in [5.74, 6) is -0.978. The van der Waals surface area contributed by atoms with Gasteiger partial charge in [-0.05, 0) is 46.0 Å². The zero-order valence-corrected chi connectivity index (χ0v) is 15.6. The van der Waals surface area contributed by atoms with Crippen LogP contribution in [0.1, 0.15) is 53.4 Å². The smallest absolute Gasteiger partial charge is 0.334 e. The number of carbonyl (C=O) groups is 2. The van der Waals surface area contributed by atoms with Crippen molar-refractivity contribution in [3.63, 3.8) is 0 Å². The van der Waals surface area contributed by atoms with Crippen LogP contribution in [0.2, 0.25) is 0 Å². The highest BCUT2D eigenvalue weighted by Crippen LogP contribution is 2.43. The number of carbonyl (C=O) groups excluding carboxylic acids is 2. The Morgan fingerprint density at radius 3 is 2.36 bits per heavy atom. The SMILES string of the molecule is C/C=C1/C[C@@H](C)[C@@](C)(O)CC(=O)O[C@H]2CCN3CC[C@@H](OC1=O)[C@@]23C. The molecule has 3 heterocycles. The summed E-state index contributed by atoms with van der Waals surface area (Å²) in [6.45, 7) is 8.95. The molecule has 6 heteroatoms. The lowest BCUT2D eigenvalue weighted by atomic mass is 9.82. The van der Waals surface area contributed by atoms with E-state index in [1.165, 1.54) is 0 Å². The average molecular weight is 351 g/mol. The Labute approximate surface area is 149 Å². The molecule has 0 aromatic carbocycles. The predicted octanol–water partition coefficient (Wildman–Crippen LogP) is 1.81. The minimum atomic E-state index is -1.24. The van der Waals surface area contributed by atoms with Crippen molar-refractivity contribution in [1.82, 2.24) is 4.90 Å². The Hall–Kier alpha value is -1.40. The molecule has 3 rings (SSSR count). The van der Waals surface area contributed by atoms with Crippen molar-refractivity contribution in [2.45, 2.75) is 76.7 Å². The molecule has 0 radical (unpaired) electrons. The molecule has 0 unspecified atom stereocenters. The average Bonchev–Trinajstić information content (AvgIpc) is 3.00. The molecule has 3 fully saturated rings. The summed E-state index contributed by atoms with van der Waals surface area (Å²) in [7, 11) is 0. The van der Waals surface area contributed by atoms with E-state index in [1.54, 1.807) is 19.9 Å². The lowest BCUT2D eigenvalue weighted by Gasteiger charge is -2.39. The van der Waals surface area contributed by atoms with Gasteiger partial charge in [-0.3, -0.25) is 9.69 Å². The van der Waals surface area contributed by atoms with Crippen LogP contribution in [0.5, 0.6) is 0 Å². The van der Waals surface area contributed by atoms with Gasteiger partial charge in [0.2, 0.25) is 0 Å². The van der Waals surface area contributed by atoms with Crippen molar-refractivity contribution in [3.05, 3.63) is 11.6 Å². The predicted molar refractivity (Wildman–Crippen MR) is 91.8 cm³/mol. The van der Waals surface area contributed by atoms with Crippen molar-refractivity contribution < 1.29 is 24.2 Å². The van der Waals surface area contributed by atoms with Crippen LogP contribution in [0.25, 0.3) is 0 Å². The fraction of sp³-hybridized carbons (Fsp3) is 0.789. The van der Waals surface area contributed by atoms with Crippen molar-refractivity contribution in [2.24, 2.45) is 5.92 Å². The first-order valence-corrected chi connectivity index (χ1v) is 9.21. The summed E-state index contributed by atoms with van der Waals surface area (Å²) >= 11 is 0. The number of hydrogen-bond donors (Lipinski definition) is 1. The number of rotatable bonds is 0. The molecule has 25 heavy (non-hydrogen) atoms. The summed E-state index contributed by atoms with van der Waals surface area (Å²) in [4.78, 5) is 27.4. The van der Waals surface area contributed by atoms with Crippen LogP contribution in [0.15, 0.2) is 11.6 Å². The molecular weight excluding hydrogens is 322 g/mol. The molecule has 0 aromatic rings. The summed E-state index contributed by atoms with van der Waals surface area (Å²) in [6.07, 6.45) is 2.92. The lowest BCUT2D eigenvalue weighted by Crippen LogP contribution is -2.54. The summed E-state index contributed by atoms with van der Waals surface area (Å²) in [6, 6.07) is 0. The van der Waals surface area contributed by atoms with E-state index in [0.29, 0.717) is 12.0 Å². The first-order valence-electron chi connectivity index (χ1n) is 9.21. The van der Waals surface area contributed by atoms with E-state index in [2.05, 4.69) is 4.90 Å². The number of nitrogens with zero attached hydrogens (tertiary/aromatic N) is 1. The molecule has 0 aliphatic carbocycles. The van der Waals surface area contributed by atoms with Gasteiger partial charge in [0.15, 0.2) is 0 Å². The summed E-state index contributed by atoms with van der Waals surface area (Å²) in [5.41, 5.74) is -1.17. The number of hydrogen-bond acceptors (Lipinski definition) is 6. The van der Waals surface area contributed by atoms with Crippen molar-refractivity contribution in [1.29, 1.82) is 0 Å². The Balaban J connectivity index is 1.95. The van der Waals surface area contributed by atoms with Gasteiger partial charge >= 0.3 is 11.9 Å². The van der Waals surface area contributed by atoms with E-state index in [0.717, 1.165) is 25.9 Å². The molecule has 3 aliphatic heterocycles. The number of ether oxygens (including phenoxy) is 2. The van der Waals surface area contributed by atoms with Crippen molar-refractivity contribution in [3.8, 4) is 0 Å². The van der Waals surface area contributed by atoms with Gasteiger partial charge in [-0.25, -0.2) is 4.79 Å².